The second kappa shape index (κ2) is 11.2. The van der Waals surface area contributed by atoms with Crippen LogP contribution in [0.2, 0.25) is 0 Å². The van der Waals surface area contributed by atoms with Gasteiger partial charge in [-0.05, 0) is 77.4 Å². The highest BCUT2D eigenvalue weighted by molar-refractivity contribution is 6.20. The Kier molecular flexibility index (Phi) is 6.43. The second-order valence-electron chi connectivity index (χ2n) is 11.6. The summed E-state index contributed by atoms with van der Waals surface area (Å²) >= 11 is 0. The highest BCUT2D eigenvalue weighted by Crippen LogP contribution is 2.43. The monoisotopic (exact) mass is 604 g/mol. The molecule has 0 radical (unpaired) electrons. The van der Waals surface area contributed by atoms with Gasteiger partial charge in [-0.1, -0.05) is 109 Å². The molecule has 0 aliphatic rings. The molecular weight excluding hydrogens is 576 g/mol. The minimum Gasteiger partial charge on any atom is -0.455 e. The number of oxazole rings is 1. The van der Waals surface area contributed by atoms with Crippen molar-refractivity contribution in [1.82, 2.24) is 4.98 Å². The highest BCUT2D eigenvalue weighted by Gasteiger charge is 2.21. The van der Waals surface area contributed by atoms with Crippen molar-refractivity contribution in [2.75, 3.05) is 4.90 Å². The standard InChI is InChI=1S/C43H28N2O2/c1-4-12-29(13-5-1)30-20-24-34(25-21-30)45(33-16-8-3-9-17-33)35-26-22-31(23-27-35)37-28-38-42(47-43(44-38)32-14-6-2-7-15-32)40-36-18-10-11-19-39(36)46-41(37)40/h1-28H. The van der Waals surface area contributed by atoms with E-state index in [9.17, 15) is 0 Å². The Bertz CT molecular complexity index is 2480. The van der Waals surface area contributed by atoms with Gasteiger partial charge >= 0.3 is 0 Å². The third-order valence-corrected chi connectivity index (χ3v) is 8.71. The molecule has 0 spiro atoms. The van der Waals surface area contributed by atoms with Crippen LogP contribution in [0.1, 0.15) is 0 Å². The van der Waals surface area contributed by atoms with Gasteiger partial charge in [0.05, 0.1) is 5.39 Å². The van der Waals surface area contributed by atoms with E-state index < -0.39 is 0 Å². The fourth-order valence-corrected chi connectivity index (χ4v) is 6.44. The van der Waals surface area contributed by atoms with Gasteiger partial charge in [0, 0.05) is 33.6 Å². The van der Waals surface area contributed by atoms with E-state index in [1.54, 1.807) is 0 Å². The first-order chi connectivity index (χ1) is 23.3. The molecule has 4 heteroatoms. The number of furan rings is 1. The van der Waals surface area contributed by atoms with Gasteiger partial charge in [0.1, 0.15) is 16.7 Å². The van der Waals surface area contributed by atoms with Crippen molar-refractivity contribution in [2.24, 2.45) is 0 Å². The Hall–Kier alpha value is -6.39. The van der Waals surface area contributed by atoms with E-state index in [2.05, 4.69) is 114 Å². The number of fused-ring (bicyclic) bond motifs is 5. The fraction of sp³-hybridized carbons (Fsp3) is 0. The van der Waals surface area contributed by atoms with Crippen LogP contribution in [-0.4, -0.2) is 4.98 Å². The van der Waals surface area contributed by atoms with Gasteiger partial charge in [0.25, 0.3) is 0 Å². The van der Waals surface area contributed by atoms with Crippen molar-refractivity contribution >= 4 is 50.1 Å². The maximum atomic E-state index is 6.53. The Morgan fingerprint density at radius 2 is 0.957 bits per heavy atom. The Balaban J connectivity index is 1.16. The predicted molar refractivity (Wildman–Crippen MR) is 192 cm³/mol. The summed E-state index contributed by atoms with van der Waals surface area (Å²) in [5.74, 6) is 0.594. The molecule has 9 aromatic rings. The Morgan fingerprint density at radius 1 is 0.426 bits per heavy atom. The van der Waals surface area contributed by atoms with Crippen molar-refractivity contribution in [3.8, 4) is 33.7 Å². The average Bonchev–Trinajstić information content (AvgIpc) is 3.75. The Morgan fingerprint density at radius 3 is 1.64 bits per heavy atom. The lowest BCUT2D eigenvalue weighted by atomic mass is 10.0. The van der Waals surface area contributed by atoms with Crippen LogP contribution in [0.3, 0.4) is 0 Å². The van der Waals surface area contributed by atoms with Crippen molar-refractivity contribution in [3.05, 3.63) is 170 Å². The third-order valence-electron chi connectivity index (χ3n) is 8.71. The minimum atomic E-state index is 0.594. The zero-order chi connectivity index (χ0) is 31.2. The summed E-state index contributed by atoms with van der Waals surface area (Å²) in [6.45, 7) is 0. The van der Waals surface area contributed by atoms with Crippen molar-refractivity contribution in [3.63, 3.8) is 0 Å². The number of anilines is 3. The number of rotatable bonds is 6. The van der Waals surface area contributed by atoms with E-state index >= 15 is 0 Å². The molecule has 7 aromatic carbocycles. The molecule has 0 aliphatic carbocycles. The van der Waals surface area contributed by atoms with Gasteiger partial charge in [0.15, 0.2) is 5.58 Å². The topological polar surface area (TPSA) is 42.4 Å². The number of para-hydroxylation sites is 2. The average molecular weight is 605 g/mol. The molecule has 2 aromatic heterocycles. The van der Waals surface area contributed by atoms with Crippen LogP contribution in [0.5, 0.6) is 0 Å². The summed E-state index contributed by atoms with van der Waals surface area (Å²) in [5.41, 5.74) is 11.7. The van der Waals surface area contributed by atoms with Gasteiger partial charge in [-0.3, -0.25) is 0 Å². The zero-order valence-electron chi connectivity index (χ0n) is 25.4. The molecule has 0 amide bonds. The van der Waals surface area contributed by atoms with Gasteiger partial charge < -0.3 is 13.7 Å². The number of aromatic nitrogens is 1. The van der Waals surface area contributed by atoms with E-state index in [1.165, 1.54) is 11.1 Å². The molecule has 0 N–H and O–H groups in total. The fourth-order valence-electron chi connectivity index (χ4n) is 6.44. The number of hydrogen-bond donors (Lipinski definition) is 0. The maximum Gasteiger partial charge on any atom is 0.227 e. The second-order valence-corrected chi connectivity index (χ2v) is 11.6. The maximum absolute atomic E-state index is 6.53. The quantitative estimate of drug-likeness (QED) is 0.189. The molecule has 9 rings (SSSR count). The van der Waals surface area contributed by atoms with E-state index in [0.717, 1.165) is 66.8 Å². The van der Waals surface area contributed by atoms with Crippen molar-refractivity contribution < 1.29 is 8.83 Å². The van der Waals surface area contributed by atoms with Crippen LogP contribution in [0.25, 0.3) is 66.7 Å². The first-order valence-corrected chi connectivity index (χ1v) is 15.7. The number of nitrogens with zero attached hydrogens (tertiary/aromatic N) is 2. The lowest BCUT2D eigenvalue weighted by Crippen LogP contribution is -2.09. The molecule has 0 saturated carbocycles. The van der Waals surface area contributed by atoms with E-state index in [1.807, 2.05) is 60.7 Å². The summed E-state index contributed by atoms with van der Waals surface area (Å²) < 4.78 is 13.0. The largest absolute Gasteiger partial charge is 0.455 e. The predicted octanol–water partition coefficient (Wildman–Crippen LogP) is 12.2. The SMILES string of the molecule is c1ccc(-c2ccc(N(c3ccccc3)c3ccc(-c4cc5nc(-c6ccccc6)oc5c5c4oc4ccccc45)cc3)cc2)cc1. The van der Waals surface area contributed by atoms with Crippen LogP contribution in [0, 0.1) is 0 Å². The first kappa shape index (κ1) is 27.0. The molecule has 0 unspecified atom stereocenters. The molecule has 0 aliphatic heterocycles. The van der Waals surface area contributed by atoms with Crippen molar-refractivity contribution in [2.45, 2.75) is 0 Å². The summed E-state index contributed by atoms with van der Waals surface area (Å²) in [5, 5.41) is 1.95. The smallest absolute Gasteiger partial charge is 0.227 e. The van der Waals surface area contributed by atoms with Crippen LogP contribution in [0.4, 0.5) is 17.1 Å². The van der Waals surface area contributed by atoms with Gasteiger partial charge in [-0.2, -0.15) is 0 Å². The number of benzene rings is 7. The molecular formula is C43H28N2O2. The van der Waals surface area contributed by atoms with E-state index in [4.69, 9.17) is 13.8 Å². The summed E-state index contributed by atoms with van der Waals surface area (Å²) in [7, 11) is 0. The molecule has 0 bridgehead atoms. The molecule has 0 atom stereocenters. The molecule has 47 heavy (non-hydrogen) atoms. The molecule has 222 valence electrons. The van der Waals surface area contributed by atoms with Crippen LogP contribution in [-0.2, 0) is 0 Å². The van der Waals surface area contributed by atoms with Crippen LogP contribution >= 0.6 is 0 Å². The minimum absolute atomic E-state index is 0.594. The number of hydrogen-bond acceptors (Lipinski definition) is 4. The van der Waals surface area contributed by atoms with Crippen LogP contribution in [0.15, 0.2) is 179 Å². The van der Waals surface area contributed by atoms with Gasteiger partial charge in [-0.15, -0.1) is 0 Å². The van der Waals surface area contributed by atoms with Crippen molar-refractivity contribution in [1.29, 1.82) is 0 Å². The van der Waals surface area contributed by atoms with Crippen LogP contribution < -0.4 is 4.90 Å². The summed E-state index contributed by atoms with van der Waals surface area (Å²) in [4.78, 5) is 7.22. The van der Waals surface area contributed by atoms with Gasteiger partial charge in [0.2, 0.25) is 5.89 Å². The zero-order valence-corrected chi connectivity index (χ0v) is 25.4. The van der Waals surface area contributed by atoms with Gasteiger partial charge in [-0.25, -0.2) is 4.98 Å². The molecule has 0 saturated heterocycles. The summed E-state index contributed by atoms with van der Waals surface area (Å²) in [6.07, 6.45) is 0. The molecule has 4 nitrogen and oxygen atoms in total. The first-order valence-electron chi connectivity index (χ1n) is 15.7. The van der Waals surface area contributed by atoms with E-state index in [0.29, 0.717) is 5.89 Å². The lowest BCUT2D eigenvalue weighted by Gasteiger charge is -2.26. The Labute approximate surface area is 271 Å². The summed E-state index contributed by atoms with van der Waals surface area (Å²) in [6, 6.07) is 58.6. The normalized spacial score (nSPS) is 11.4. The molecule has 2 heterocycles. The third kappa shape index (κ3) is 4.75. The highest BCUT2D eigenvalue weighted by atomic mass is 16.4. The molecule has 0 fully saturated rings. The lowest BCUT2D eigenvalue weighted by molar-refractivity contribution is 0.622. The van der Waals surface area contributed by atoms with E-state index in [-0.39, 0.29) is 0 Å².